The van der Waals surface area contributed by atoms with Crippen LogP contribution in [0.2, 0.25) is 0 Å². The van der Waals surface area contributed by atoms with Gasteiger partial charge in [-0.1, -0.05) is 42.0 Å². The van der Waals surface area contributed by atoms with Gasteiger partial charge < -0.3 is 9.15 Å². The molecule has 2 aromatic carbocycles. The van der Waals surface area contributed by atoms with E-state index < -0.39 is 0 Å². The number of hydrogen-bond acceptors (Lipinski definition) is 3. The van der Waals surface area contributed by atoms with Gasteiger partial charge in [-0.15, -0.1) is 12.8 Å². The first-order valence-corrected chi connectivity index (χ1v) is 8.53. The highest BCUT2D eigenvalue weighted by Gasteiger charge is 2.20. The van der Waals surface area contributed by atoms with Crippen LogP contribution in [0.1, 0.15) is 11.1 Å². The van der Waals surface area contributed by atoms with Crippen molar-refractivity contribution in [2.75, 3.05) is 7.11 Å². The van der Waals surface area contributed by atoms with Crippen LogP contribution in [-0.4, -0.2) is 7.11 Å². The molecule has 0 radical (unpaired) electrons. The van der Waals surface area contributed by atoms with Gasteiger partial charge in [-0.25, -0.2) is 0 Å². The van der Waals surface area contributed by atoms with E-state index in [4.69, 9.17) is 9.15 Å². The van der Waals surface area contributed by atoms with Crippen molar-refractivity contribution >= 4 is 11.0 Å². The molecular formula is C24H20O3. The normalized spacial score (nSPS) is 10.4. The molecule has 3 heteroatoms. The second kappa shape index (κ2) is 7.39. The predicted molar refractivity (Wildman–Crippen MR) is 110 cm³/mol. The van der Waals surface area contributed by atoms with Gasteiger partial charge in [-0.05, 0) is 37.1 Å². The topological polar surface area (TPSA) is 39.4 Å². The second-order valence-electron chi connectivity index (χ2n) is 6.29. The summed E-state index contributed by atoms with van der Waals surface area (Å²) in [6.07, 6.45) is 8.00. The number of terminal acetylenes is 1. The van der Waals surface area contributed by atoms with Gasteiger partial charge in [-0.3, -0.25) is 4.79 Å². The van der Waals surface area contributed by atoms with Gasteiger partial charge in [0.1, 0.15) is 11.3 Å². The highest BCUT2D eigenvalue weighted by atomic mass is 16.5. The lowest BCUT2D eigenvalue weighted by molar-refractivity contribution is 0.410. The zero-order chi connectivity index (χ0) is 19.6. The van der Waals surface area contributed by atoms with Crippen LogP contribution in [0, 0.1) is 26.7 Å². The van der Waals surface area contributed by atoms with Crippen LogP contribution >= 0.6 is 0 Å². The highest BCUT2D eigenvalue weighted by molar-refractivity contribution is 6.02. The number of aryl methyl sites for hydroxylation is 2. The first-order valence-electron chi connectivity index (χ1n) is 8.53. The van der Waals surface area contributed by atoms with E-state index in [0.29, 0.717) is 11.5 Å². The quantitative estimate of drug-likeness (QED) is 0.355. The molecule has 0 amide bonds. The lowest BCUT2D eigenvalue weighted by atomic mass is 9.90. The fourth-order valence-corrected chi connectivity index (χ4v) is 3.39. The summed E-state index contributed by atoms with van der Waals surface area (Å²) in [5.41, 5.74) is 6.05. The Morgan fingerprint density at radius 1 is 0.926 bits per heavy atom. The molecule has 0 unspecified atom stereocenters. The Morgan fingerprint density at radius 2 is 1.67 bits per heavy atom. The summed E-state index contributed by atoms with van der Waals surface area (Å²) in [6.45, 7) is 4.19. The number of benzene rings is 3. The molecule has 0 N–H and O–H groups in total. The van der Waals surface area contributed by atoms with E-state index in [-0.39, 0.29) is 5.43 Å². The van der Waals surface area contributed by atoms with Gasteiger partial charge in [-0.2, -0.15) is 0 Å². The maximum absolute atomic E-state index is 12.2. The smallest absolute Gasteiger partial charge is 0.224 e. The zero-order valence-electron chi connectivity index (χ0n) is 15.6. The van der Waals surface area contributed by atoms with Crippen LogP contribution < -0.4 is 10.2 Å². The summed E-state index contributed by atoms with van der Waals surface area (Å²) in [7, 11) is 1.51. The Balaban J connectivity index is 0.00000102. The summed E-state index contributed by atoms with van der Waals surface area (Å²) in [6, 6.07) is 17.6. The van der Waals surface area contributed by atoms with Crippen LogP contribution in [-0.2, 0) is 0 Å². The van der Waals surface area contributed by atoms with Crippen LogP contribution in [0.4, 0.5) is 0 Å². The molecule has 0 bridgehead atoms. The van der Waals surface area contributed by atoms with Crippen molar-refractivity contribution in [3.05, 3.63) is 75.9 Å². The molecule has 0 saturated carbocycles. The van der Waals surface area contributed by atoms with Gasteiger partial charge in [0, 0.05) is 22.6 Å². The van der Waals surface area contributed by atoms with Crippen molar-refractivity contribution in [3.63, 3.8) is 0 Å². The summed E-state index contributed by atoms with van der Waals surface area (Å²) in [4.78, 5) is 12.2. The van der Waals surface area contributed by atoms with Crippen molar-refractivity contribution in [3.8, 4) is 41.0 Å². The maximum atomic E-state index is 12.2. The third-order valence-electron chi connectivity index (χ3n) is 4.56. The first-order chi connectivity index (χ1) is 13.1. The summed E-state index contributed by atoms with van der Waals surface area (Å²) >= 11 is 0. The summed E-state index contributed by atoms with van der Waals surface area (Å²) < 4.78 is 11.2. The minimum absolute atomic E-state index is 0.180. The standard InChI is InChI=1S/C22H18O3.C2H2/c1-13-8-9-15(14(2)10-13)22-16-6-4-5-7-19(16)25-20-12-18(23)21(24-3)11-17(20)22;1-2/h4-12H,1-3H3;1-2H. The van der Waals surface area contributed by atoms with Crippen LogP contribution in [0.25, 0.3) is 33.4 Å². The van der Waals surface area contributed by atoms with Crippen molar-refractivity contribution in [1.82, 2.24) is 0 Å². The first kappa shape index (κ1) is 18.3. The molecule has 0 spiro atoms. The minimum Gasteiger partial charge on any atom is -0.493 e. The van der Waals surface area contributed by atoms with Crippen LogP contribution in [0.5, 0.6) is 5.75 Å². The van der Waals surface area contributed by atoms with E-state index in [1.54, 1.807) is 6.07 Å². The Morgan fingerprint density at radius 3 is 2.37 bits per heavy atom. The van der Waals surface area contributed by atoms with Gasteiger partial charge in [0.15, 0.2) is 5.75 Å². The van der Waals surface area contributed by atoms with Gasteiger partial charge in [0.25, 0.3) is 0 Å². The average molecular weight is 356 g/mol. The number of fused-ring (bicyclic) bond motifs is 2. The number of ether oxygens (including phenoxy) is 1. The Hall–Kier alpha value is -3.51. The third kappa shape index (κ3) is 3.18. The highest BCUT2D eigenvalue weighted by Crippen LogP contribution is 2.41. The number of rotatable bonds is 2. The monoisotopic (exact) mass is 356 g/mol. The van der Waals surface area contributed by atoms with Crippen molar-refractivity contribution in [2.45, 2.75) is 13.8 Å². The van der Waals surface area contributed by atoms with Crippen LogP contribution in [0.3, 0.4) is 0 Å². The number of para-hydroxylation sites is 1. The molecule has 2 aromatic rings. The molecule has 2 aliphatic rings. The van der Waals surface area contributed by atoms with E-state index in [1.165, 1.54) is 24.3 Å². The molecule has 0 aromatic heterocycles. The molecule has 0 atom stereocenters. The molecule has 1 aliphatic carbocycles. The molecule has 1 heterocycles. The van der Waals surface area contributed by atoms with E-state index in [9.17, 15) is 4.79 Å². The third-order valence-corrected chi connectivity index (χ3v) is 4.56. The summed E-state index contributed by atoms with van der Waals surface area (Å²) in [5.74, 6) is 0.892. The molecule has 0 saturated heterocycles. The molecular weight excluding hydrogens is 336 g/mol. The maximum Gasteiger partial charge on any atom is 0.224 e. The molecule has 4 rings (SSSR count). The van der Waals surface area contributed by atoms with E-state index in [2.05, 4.69) is 44.9 Å². The van der Waals surface area contributed by atoms with Crippen LogP contribution in [0.15, 0.2) is 63.8 Å². The molecule has 1 aliphatic heterocycles. The fourth-order valence-electron chi connectivity index (χ4n) is 3.39. The Bertz CT molecular complexity index is 1170. The van der Waals surface area contributed by atoms with E-state index in [0.717, 1.165) is 27.7 Å². The fraction of sp³-hybridized carbons (Fsp3) is 0.125. The molecule has 134 valence electrons. The van der Waals surface area contributed by atoms with E-state index in [1.807, 2.05) is 24.3 Å². The second-order valence-corrected chi connectivity index (χ2v) is 6.29. The van der Waals surface area contributed by atoms with Crippen molar-refractivity contribution in [1.29, 1.82) is 0 Å². The average Bonchev–Trinajstić information content (AvgIpc) is 2.68. The molecule has 27 heavy (non-hydrogen) atoms. The largest absolute Gasteiger partial charge is 0.493 e. The van der Waals surface area contributed by atoms with Crippen molar-refractivity contribution < 1.29 is 9.15 Å². The Kier molecular flexibility index (Phi) is 5.00. The molecule has 0 fully saturated rings. The van der Waals surface area contributed by atoms with Gasteiger partial charge >= 0.3 is 0 Å². The number of hydrogen-bond donors (Lipinski definition) is 0. The lowest BCUT2D eigenvalue weighted by Gasteiger charge is -2.17. The molecule has 3 nitrogen and oxygen atoms in total. The van der Waals surface area contributed by atoms with Crippen molar-refractivity contribution in [2.24, 2.45) is 0 Å². The SMILES string of the molecule is C#C.COc1cc2c(-c3ccc(C)cc3C)c3ccccc3oc-2cc1=O. The zero-order valence-corrected chi connectivity index (χ0v) is 15.6. The van der Waals surface area contributed by atoms with Gasteiger partial charge in [0.2, 0.25) is 5.43 Å². The summed E-state index contributed by atoms with van der Waals surface area (Å²) in [5, 5.41) is 1.02. The van der Waals surface area contributed by atoms with E-state index >= 15 is 0 Å². The van der Waals surface area contributed by atoms with Gasteiger partial charge in [0.05, 0.1) is 7.11 Å². The predicted octanol–water partition coefficient (Wildman–Crippen LogP) is 5.44. The number of methoxy groups -OCH3 is 1. The lowest BCUT2D eigenvalue weighted by Crippen LogP contribution is -2.06. The minimum atomic E-state index is -0.180. The Labute approximate surface area is 158 Å².